The summed E-state index contributed by atoms with van der Waals surface area (Å²) in [4.78, 5) is 12.8. The number of halogens is 1. The van der Waals surface area contributed by atoms with E-state index in [1.807, 2.05) is 24.3 Å². The molecule has 0 spiro atoms. The van der Waals surface area contributed by atoms with E-state index in [-0.39, 0.29) is 17.3 Å². The summed E-state index contributed by atoms with van der Waals surface area (Å²) in [7, 11) is -1.40. The fraction of sp³-hybridized carbons (Fsp3) is 0.0625. The van der Waals surface area contributed by atoms with E-state index in [0.29, 0.717) is 10.5 Å². The monoisotopic (exact) mass is 362 g/mol. The maximum atomic E-state index is 12.3. The molecule has 0 saturated carbocycles. The van der Waals surface area contributed by atoms with Gasteiger partial charge in [0.25, 0.3) is 0 Å². The van der Waals surface area contributed by atoms with Gasteiger partial charge in [-0.25, -0.2) is 0 Å². The highest BCUT2D eigenvalue weighted by molar-refractivity contribution is 9.10. The van der Waals surface area contributed by atoms with Gasteiger partial charge in [-0.1, -0.05) is 30.3 Å². The van der Waals surface area contributed by atoms with Crippen molar-refractivity contribution in [3.8, 4) is 0 Å². The Morgan fingerprint density at radius 1 is 1.10 bits per heavy atom. The summed E-state index contributed by atoms with van der Waals surface area (Å²) in [5.41, 5.74) is 0.660. The molecule has 0 N–H and O–H groups in total. The molecular formula is C16H11BrO3S. The highest BCUT2D eigenvalue weighted by Crippen LogP contribution is 2.22. The molecule has 0 fully saturated rings. The van der Waals surface area contributed by atoms with Crippen LogP contribution in [0.2, 0.25) is 0 Å². The van der Waals surface area contributed by atoms with Crippen molar-refractivity contribution in [3.63, 3.8) is 0 Å². The Hall–Kier alpha value is -1.72. The number of ketones is 1. The fourth-order valence-electron chi connectivity index (χ4n) is 2.02. The Morgan fingerprint density at radius 2 is 1.81 bits per heavy atom. The normalized spacial score (nSPS) is 12.4. The lowest BCUT2D eigenvalue weighted by molar-refractivity contribution is 0.0993. The van der Waals surface area contributed by atoms with Crippen LogP contribution in [0, 0.1) is 0 Å². The average molecular weight is 363 g/mol. The third kappa shape index (κ3) is 2.99. The summed E-state index contributed by atoms with van der Waals surface area (Å²) in [6.07, 6.45) is 0. The van der Waals surface area contributed by atoms with Crippen molar-refractivity contribution >= 4 is 43.5 Å². The van der Waals surface area contributed by atoms with Crippen LogP contribution in [0.5, 0.6) is 0 Å². The molecule has 3 aromatic rings. The van der Waals surface area contributed by atoms with Gasteiger partial charge in [0.1, 0.15) is 5.58 Å². The van der Waals surface area contributed by atoms with Gasteiger partial charge in [0.2, 0.25) is 5.78 Å². The topological polar surface area (TPSA) is 47.3 Å². The third-order valence-electron chi connectivity index (χ3n) is 3.04. The van der Waals surface area contributed by atoms with E-state index in [0.717, 1.165) is 9.86 Å². The van der Waals surface area contributed by atoms with Crippen molar-refractivity contribution in [1.29, 1.82) is 0 Å². The SMILES string of the molecule is O=C(CS(=O)c1ccccc1Br)c1cc2ccccc2o1. The second-order valence-electron chi connectivity index (χ2n) is 4.49. The molecule has 1 atom stereocenters. The lowest BCUT2D eigenvalue weighted by Crippen LogP contribution is -2.10. The zero-order chi connectivity index (χ0) is 14.8. The quantitative estimate of drug-likeness (QED) is 0.653. The molecule has 106 valence electrons. The Kier molecular flexibility index (Phi) is 4.03. The largest absolute Gasteiger partial charge is 0.453 e. The predicted molar refractivity (Wildman–Crippen MR) is 86.0 cm³/mol. The number of Topliss-reactive ketones (excluding diaryl/α,β-unsaturated/α-hetero) is 1. The van der Waals surface area contributed by atoms with E-state index >= 15 is 0 Å². The minimum atomic E-state index is -1.40. The molecular weight excluding hydrogens is 352 g/mol. The van der Waals surface area contributed by atoms with Gasteiger partial charge in [-0.3, -0.25) is 9.00 Å². The first-order chi connectivity index (χ1) is 10.1. The molecule has 1 unspecified atom stereocenters. The van der Waals surface area contributed by atoms with Crippen LogP contribution < -0.4 is 0 Å². The van der Waals surface area contributed by atoms with Crippen LogP contribution in [0.25, 0.3) is 11.0 Å². The summed E-state index contributed by atoms with van der Waals surface area (Å²) in [5, 5.41) is 0.868. The van der Waals surface area contributed by atoms with Crippen LogP contribution in [-0.4, -0.2) is 15.7 Å². The van der Waals surface area contributed by atoms with E-state index in [4.69, 9.17) is 4.42 Å². The van der Waals surface area contributed by atoms with Crippen molar-refractivity contribution in [1.82, 2.24) is 0 Å². The maximum absolute atomic E-state index is 12.3. The van der Waals surface area contributed by atoms with E-state index in [2.05, 4.69) is 15.9 Å². The molecule has 2 aromatic carbocycles. The van der Waals surface area contributed by atoms with E-state index in [1.54, 1.807) is 30.3 Å². The number of rotatable bonds is 4. The van der Waals surface area contributed by atoms with Crippen molar-refractivity contribution in [2.75, 3.05) is 5.75 Å². The molecule has 1 aromatic heterocycles. The molecule has 0 aliphatic heterocycles. The van der Waals surface area contributed by atoms with E-state index in [1.165, 1.54) is 0 Å². The van der Waals surface area contributed by atoms with Gasteiger partial charge in [-0.05, 0) is 40.2 Å². The van der Waals surface area contributed by atoms with Crippen molar-refractivity contribution in [3.05, 3.63) is 64.8 Å². The number of carbonyl (C=O) groups is 1. The number of para-hydroxylation sites is 1. The van der Waals surface area contributed by atoms with Gasteiger partial charge in [0.15, 0.2) is 5.76 Å². The number of carbonyl (C=O) groups excluding carboxylic acids is 1. The summed E-state index contributed by atoms with van der Waals surface area (Å²) in [6, 6.07) is 16.3. The number of benzene rings is 2. The molecule has 0 aliphatic carbocycles. The molecule has 0 bridgehead atoms. The number of hydrogen-bond acceptors (Lipinski definition) is 3. The maximum Gasteiger partial charge on any atom is 0.210 e. The van der Waals surface area contributed by atoms with Gasteiger partial charge in [-0.2, -0.15) is 0 Å². The standard InChI is InChI=1S/C16H11BrO3S/c17-12-6-2-4-8-16(12)21(19)10-13(18)15-9-11-5-1-3-7-14(11)20-15/h1-9H,10H2. The Balaban J connectivity index is 1.83. The van der Waals surface area contributed by atoms with E-state index in [9.17, 15) is 9.00 Å². The average Bonchev–Trinajstić information content (AvgIpc) is 2.91. The molecule has 0 saturated heterocycles. The number of furan rings is 1. The minimum Gasteiger partial charge on any atom is -0.453 e. The molecule has 1 heterocycles. The highest BCUT2D eigenvalue weighted by Gasteiger charge is 2.17. The lowest BCUT2D eigenvalue weighted by Gasteiger charge is -2.02. The third-order valence-corrected chi connectivity index (χ3v) is 5.37. The zero-order valence-electron chi connectivity index (χ0n) is 10.9. The summed E-state index contributed by atoms with van der Waals surface area (Å²) in [6.45, 7) is 0. The minimum absolute atomic E-state index is 0.0948. The van der Waals surface area contributed by atoms with Gasteiger partial charge in [-0.15, -0.1) is 0 Å². The summed E-state index contributed by atoms with van der Waals surface area (Å²) >= 11 is 3.34. The zero-order valence-corrected chi connectivity index (χ0v) is 13.3. The first kappa shape index (κ1) is 14.2. The second kappa shape index (κ2) is 5.95. The molecule has 21 heavy (non-hydrogen) atoms. The highest BCUT2D eigenvalue weighted by atomic mass is 79.9. The van der Waals surface area contributed by atoms with Crippen LogP contribution in [0.3, 0.4) is 0 Å². The molecule has 5 heteroatoms. The Morgan fingerprint density at radius 3 is 2.57 bits per heavy atom. The summed E-state index contributed by atoms with van der Waals surface area (Å²) in [5.74, 6) is -0.112. The van der Waals surface area contributed by atoms with Crippen LogP contribution in [0.15, 0.2) is 68.4 Å². The van der Waals surface area contributed by atoms with Gasteiger partial charge >= 0.3 is 0 Å². The Bertz CT molecular complexity index is 805. The molecule has 3 rings (SSSR count). The smallest absolute Gasteiger partial charge is 0.210 e. The van der Waals surface area contributed by atoms with Gasteiger partial charge in [0, 0.05) is 9.86 Å². The first-order valence-corrected chi connectivity index (χ1v) is 8.41. The van der Waals surface area contributed by atoms with E-state index < -0.39 is 10.8 Å². The molecule has 0 amide bonds. The number of fused-ring (bicyclic) bond motifs is 1. The van der Waals surface area contributed by atoms with Gasteiger partial charge < -0.3 is 4.42 Å². The molecule has 0 radical (unpaired) electrons. The number of hydrogen-bond donors (Lipinski definition) is 0. The van der Waals surface area contributed by atoms with Crippen LogP contribution in [0.1, 0.15) is 10.6 Å². The lowest BCUT2D eigenvalue weighted by atomic mass is 10.2. The van der Waals surface area contributed by atoms with Crippen LogP contribution >= 0.6 is 15.9 Å². The van der Waals surface area contributed by atoms with Crippen molar-refractivity contribution in [2.24, 2.45) is 0 Å². The van der Waals surface area contributed by atoms with Crippen LogP contribution in [-0.2, 0) is 10.8 Å². The van der Waals surface area contributed by atoms with Crippen molar-refractivity contribution in [2.45, 2.75) is 4.90 Å². The molecule has 3 nitrogen and oxygen atoms in total. The fourth-order valence-corrected chi connectivity index (χ4v) is 3.89. The van der Waals surface area contributed by atoms with Gasteiger partial charge in [0.05, 0.1) is 21.4 Å². The van der Waals surface area contributed by atoms with Crippen LogP contribution in [0.4, 0.5) is 0 Å². The van der Waals surface area contributed by atoms with Crippen molar-refractivity contribution < 1.29 is 13.4 Å². The molecule has 0 aliphatic rings. The Labute approximate surface area is 132 Å². The second-order valence-corrected chi connectivity index (χ2v) is 6.77. The predicted octanol–water partition coefficient (Wildman–Crippen LogP) is 4.19. The summed E-state index contributed by atoms with van der Waals surface area (Å²) < 4.78 is 18.5. The first-order valence-electron chi connectivity index (χ1n) is 6.30.